The highest BCUT2D eigenvalue weighted by Crippen LogP contribution is 2.22. The second kappa shape index (κ2) is 7.49. The van der Waals surface area contributed by atoms with Crippen molar-refractivity contribution >= 4 is 23.2 Å². The first-order valence-corrected chi connectivity index (χ1v) is 7.81. The SMILES string of the molecule is CC(CNCc1ccc(Cl)c(Cl)c1)N1CCCCC1. The van der Waals surface area contributed by atoms with Gasteiger partial charge in [0.2, 0.25) is 0 Å². The Morgan fingerprint density at radius 3 is 2.58 bits per heavy atom. The van der Waals surface area contributed by atoms with Gasteiger partial charge in [0.05, 0.1) is 10.0 Å². The molecule has 1 aliphatic heterocycles. The third-order valence-corrected chi connectivity index (χ3v) is 4.51. The number of hydrogen-bond donors (Lipinski definition) is 1. The molecule has 0 aliphatic carbocycles. The third-order valence-electron chi connectivity index (χ3n) is 3.77. The fraction of sp³-hybridized carbons (Fsp3) is 0.600. The molecule has 1 heterocycles. The van der Waals surface area contributed by atoms with E-state index in [0.717, 1.165) is 13.1 Å². The number of rotatable bonds is 5. The van der Waals surface area contributed by atoms with Crippen molar-refractivity contribution in [3.63, 3.8) is 0 Å². The average Bonchev–Trinajstić information content (AvgIpc) is 2.43. The van der Waals surface area contributed by atoms with Crippen molar-refractivity contribution in [2.24, 2.45) is 0 Å². The van der Waals surface area contributed by atoms with Crippen LogP contribution in [0.15, 0.2) is 18.2 Å². The van der Waals surface area contributed by atoms with E-state index in [9.17, 15) is 0 Å². The molecule has 4 heteroatoms. The number of nitrogens with one attached hydrogen (secondary N) is 1. The van der Waals surface area contributed by atoms with Gasteiger partial charge in [-0.3, -0.25) is 4.90 Å². The van der Waals surface area contributed by atoms with Crippen molar-refractivity contribution in [2.75, 3.05) is 19.6 Å². The number of piperidine rings is 1. The third kappa shape index (κ3) is 4.64. The Labute approximate surface area is 126 Å². The molecule has 1 aromatic carbocycles. The summed E-state index contributed by atoms with van der Waals surface area (Å²) in [6.45, 7) is 6.65. The Bertz CT molecular complexity index is 403. The van der Waals surface area contributed by atoms with Crippen molar-refractivity contribution < 1.29 is 0 Å². The van der Waals surface area contributed by atoms with Gasteiger partial charge >= 0.3 is 0 Å². The lowest BCUT2D eigenvalue weighted by molar-refractivity contribution is 0.170. The molecule has 1 aliphatic rings. The van der Waals surface area contributed by atoms with Crippen molar-refractivity contribution in [3.8, 4) is 0 Å². The monoisotopic (exact) mass is 300 g/mol. The minimum atomic E-state index is 0.600. The van der Waals surface area contributed by atoms with Gasteiger partial charge in [-0.25, -0.2) is 0 Å². The first-order chi connectivity index (χ1) is 9.16. The molecule has 0 bridgehead atoms. The van der Waals surface area contributed by atoms with Crippen molar-refractivity contribution in [2.45, 2.75) is 38.8 Å². The predicted octanol–water partition coefficient (Wildman–Crippen LogP) is 3.96. The normalized spacial score (nSPS) is 18.5. The molecular weight excluding hydrogens is 279 g/mol. The summed E-state index contributed by atoms with van der Waals surface area (Å²) in [6.07, 6.45) is 4.08. The van der Waals surface area contributed by atoms with Crippen LogP contribution in [-0.4, -0.2) is 30.6 Å². The van der Waals surface area contributed by atoms with Crippen LogP contribution >= 0.6 is 23.2 Å². The highest BCUT2D eigenvalue weighted by atomic mass is 35.5. The van der Waals surface area contributed by atoms with Gasteiger partial charge in [-0.1, -0.05) is 35.7 Å². The van der Waals surface area contributed by atoms with E-state index >= 15 is 0 Å². The lowest BCUT2D eigenvalue weighted by Gasteiger charge is -2.32. The van der Waals surface area contributed by atoms with Crippen LogP contribution in [0.25, 0.3) is 0 Å². The fourth-order valence-electron chi connectivity index (χ4n) is 2.56. The standard InChI is InChI=1S/C15H22Cl2N2/c1-12(19-7-3-2-4-8-19)10-18-11-13-5-6-14(16)15(17)9-13/h5-6,9,12,18H,2-4,7-8,10-11H2,1H3. The molecule has 19 heavy (non-hydrogen) atoms. The molecule has 2 nitrogen and oxygen atoms in total. The first kappa shape index (κ1) is 15.1. The smallest absolute Gasteiger partial charge is 0.0595 e. The molecule has 1 saturated heterocycles. The molecule has 106 valence electrons. The Morgan fingerprint density at radius 1 is 1.16 bits per heavy atom. The minimum absolute atomic E-state index is 0.600. The van der Waals surface area contributed by atoms with Crippen molar-refractivity contribution in [1.29, 1.82) is 0 Å². The van der Waals surface area contributed by atoms with Gasteiger partial charge < -0.3 is 5.32 Å². The number of nitrogens with zero attached hydrogens (tertiary/aromatic N) is 1. The maximum Gasteiger partial charge on any atom is 0.0595 e. The van der Waals surface area contributed by atoms with Gasteiger partial charge in [-0.15, -0.1) is 0 Å². The van der Waals surface area contributed by atoms with E-state index in [1.807, 2.05) is 18.2 Å². The van der Waals surface area contributed by atoms with Gasteiger partial charge in [0, 0.05) is 19.1 Å². The largest absolute Gasteiger partial charge is 0.311 e. The fourth-order valence-corrected chi connectivity index (χ4v) is 2.88. The second-order valence-corrected chi connectivity index (χ2v) is 6.14. The molecular formula is C15H22Cl2N2. The van der Waals surface area contributed by atoms with Crippen molar-refractivity contribution in [3.05, 3.63) is 33.8 Å². The zero-order valence-electron chi connectivity index (χ0n) is 11.5. The number of hydrogen-bond acceptors (Lipinski definition) is 2. The summed E-state index contributed by atoms with van der Waals surface area (Å²) in [5.41, 5.74) is 1.18. The van der Waals surface area contributed by atoms with E-state index in [-0.39, 0.29) is 0 Å². The summed E-state index contributed by atoms with van der Waals surface area (Å²) >= 11 is 11.9. The summed E-state index contributed by atoms with van der Waals surface area (Å²) in [5, 5.41) is 4.75. The van der Waals surface area contributed by atoms with E-state index in [0.29, 0.717) is 16.1 Å². The Hall–Kier alpha value is -0.280. The molecule has 1 unspecified atom stereocenters. The topological polar surface area (TPSA) is 15.3 Å². The molecule has 1 N–H and O–H groups in total. The zero-order chi connectivity index (χ0) is 13.7. The lowest BCUT2D eigenvalue weighted by Crippen LogP contribution is -2.42. The van der Waals surface area contributed by atoms with Gasteiger partial charge in [-0.05, 0) is 50.6 Å². The molecule has 0 saturated carbocycles. The maximum absolute atomic E-state index is 6.01. The minimum Gasteiger partial charge on any atom is -0.311 e. The second-order valence-electron chi connectivity index (χ2n) is 5.33. The van der Waals surface area contributed by atoms with Gasteiger partial charge in [-0.2, -0.15) is 0 Å². The average molecular weight is 301 g/mol. The summed E-state index contributed by atoms with van der Waals surface area (Å²) in [5.74, 6) is 0. The molecule has 1 atom stereocenters. The first-order valence-electron chi connectivity index (χ1n) is 7.05. The van der Waals surface area contributed by atoms with E-state index < -0.39 is 0 Å². The predicted molar refractivity (Wildman–Crippen MR) is 83.1 cm³/mol. The Kier molecular flexibility index (Phi) is 5.96. The van der Waals surface area contributed by atoms with Gasteiger partial charge in [0.1, 0.15) is 0 Å². The maximum atomic E-state index is 6.01. The molecule has 0 spiro atoms. The summed E-state index contributed by atoms with van der Waals surface area (Å²) in [7, 11) is 0. The Morgan fingerprint density at radius 2 is 1.89 bits per heavy atom. The number of halogens is 2. The van der Waals surface area contributed by atoms with Gasteiger partial charge in [0.15, 0.2) is 0 Å². The van der Waals surface area contributed by atoms with E-state index in [1.54, 1.807) is 0 Å². The zero-order valence-corrected chi connectivity index (χ0v) is 13.0. The van der Waals surface area contributed by atoms with Crippen LogP contribution < -0.4 is 5.32 Å². The van der Waals surface area contributed by atoms with Crippen LogP contribution in [0.1, 0.15) is 31.7 Å². The van der Waals surface area contributed by atoms with Crippen LogP contribution in [0.5, 0.6) is 0 Å². The molecule has 0 amide bonds. The summed E-state index contributed by atoms with van der Waals surface area (Å²) in [6, 6.07) is 6.41. The van der Waals surface area contributed by atoms with E-state index in [4.69, 9.17) is 23.2 Å². The highest BCUT2D eigenvalue weighted by molar-refractivity contribution is 6.42. The molecule has 1 aromatic rings. The summed E-state index contributed by atoms with van der Waals surface area (Å²) < 4.78 is 0. The molecule has 2 rings (SSSR count). The molecule has 1 fully saturated rings. The number of likely N-dealkylation sites (tertiary alicyclic amines) is 1. The van der Waals surface area contributed by atoms with Crippen LogP contribution in [0, 0.1) is 0 Å². The van der Waals surface area contributed by atoms with Crippen LogP contribution in [-0.2, 0) is 6.54 Å². The Balaban J connectivity index is 1.74. The van der Waals surface area contributed by atoms with E-state index in [2.05, 4.69) is 17.1 Å². The quantitative estimate of drug-likeness (QED) is 0.885. The highest BCUT2D eigenvalue weighted by Gasteiger charge is 2.15. The number of benzene rings is 1. The van der Waals surface area contributed by atoms with Crippen LogP contribution in [0.4, 0.5) is 0 Å². The summed E-state index contributed by atoms with van der Waals surface area (Å²) in [4.78, 5) is 2.57. The molecule has 0 aromatic heterocycles. The van der Waals surface area contributed by atoms with Crippen molar-refractivity contribution in [1.82, 2.24) is 10.2 Å². The van der Waals surface area contributed by atoms with Crippen LogP contribution in [0.3, 0.4) is 0 Å². The van der Waals surface area contributed by atoms with E-state index in [1.165, 1.54) is 37.9 Å². The lowest BCUT2D eigenvalue weighted by atomic mass is 10.1. The van der Waals surface area contributed by atoms with Crippen LogP contribution in [0.2, 0.25) is 10.0 Å². The molecule has 0 radical (unpaired) electrons. The van der Waals surface area contributed by atoms with Gasteiger partial charge in [0.25, 0.3) is 0 Å².